The minimum Gasteiger partial charge on any atom is -0.482 e. The zero-order valence-electron chi connectivity index (χ0n) is 15.6. The first kappa shape index (κ1) is 20.4. The molecule has 28 heavy (non-hydrogen) atoms. The maximum Gasteiger partial charge on any atom is 0.265 e. The van der Waals surface area contributed by atoms with Gasteiger partial charge in [0.2, 0.25) is 5.91 Å². The second-order valence-corrected chi connectivity index (χ2v) is 7.81. The highest BCUT2D eigenvalue weighted by Gasteiger charge is 2.27. The Labute approximate surface area is 177 Å². The normalized spacial score (nSPS) is 16.8. The lowest BCUT2D eigenvalue weighted by Gasteiger charge is -2.29. The third-order valence-corrected chi connectivity index (χ3v) is 5.70. The van der Waals surface area contributed by atoms with E-state index in [1.165, 1.54) is 0 Å². The monoisotopic (exact) mass is 495 g/mol. The number of rotatable bonds is 5. The molecule has 148 valence electrons. The summed E-state index contributed by atoms with van der Waals surface area (Å²) < 4.78 is 6.33. The molecule has 1 aromatic rings. The van der Waals surface area contributed by atoms with E-state index >= 15 is 0 Å². The Balaban J connectivity index is 1.93. The summed E-state index contributed by atoms with van der Waals surface area (Å²) in [5.74, 6) is -0.410. The summed E-state index contributed by atoms with van der Waals surface area (Å²) in [4.78, 5) is 38.4. The Morgan fingerprint density at radius 1 is 1.29 bits per heavy atom. The number of carbonyl (C=O) groups excluding carboxylic acids is 3. The third kappa shape index (κ3) is 4.21. The summed E-state index contributed by atoms with van der Waals surface area (Å²) >= 11 is 2.11. The quantitative estimate of drug-likeness (QED) is 0.485. The molecule has 0 aromatic heterocycles. The van der Waals surface area contributed by atoms with Crippen LogP contribution in [-0.2, 0) is 14.4 Å². The molecule has 3 rings (SSSR count). The molecule has 2 aliphatic rings. The summed E-state index contributed by atoms with van der Waals surface area (Å²) in [5.41, 5.74) is 7.48. The van der Waals surface area contributed by atoms with Gasteiger partial charge in [-0.1, -0.05) is 12.2 Å². The van der Waals surface area contributed by atoms with Crippen LogP contribution in [0.3, 0.4) is 0 Å². The average molecular weight is 495 g/mol. The maximum absolute atomic E-state index is 12.8. The summed E-state index contributed by atoms with van der Waals surface area (Å²) in [6.07, 6.45) is 6.51. The molecule has 1 aromatic carbocycles. The first-order valence-corrected chi connectivity index (χ1v) is 10.2. The molecule has 3 N–H and O–H groups in total. The predicted molar refractivity (Wildman–Crippen MR) is 115 cm³/mol. The SMILES string of the molecule is CC=CCN1C(=O)COc2cc(I)c(NC(=O)C3=C(C(N)=O)CCCC3)cc21. The molecule has 1 aliphatic heterocycles. The molecule has 0 bridgehead atoms. The van der Waals surface area contributed by atoms with Crippen molar-refractivity contribution in [3.8, 4) is 5.75 Å². The molecule has 3 amide bonds. The number of hydrogen-bond acceptors (Lipinski definition) is 4. The van der Waals surface area contributed by atoms with Crippen LogP contribution < -0.4 is 20.7 Å². The van der Waals surface area contributed by atoms with Crippen LogP contribution in [0.1, 0.15) is 32.6 Å². The fourth-order valence-corrected chi connectivity index (χ4v) is 3.93. The van der Waals surface area contributed by atoms with Gasteiger partial charge in [0.15, 0.2) is 6.61 Å². The molecular weight excluding hydrogens is 473 g/mol. The first-order chi connectivity index (χ1) is 13.4. The number of amides is 3. The first-order valence-electron chi connectivity index (χ1n) is 9.13. The third-order valence-electron chi connectivity index (χ3n) is 4.80. The van der Waals surface area contributed by atoms with Gasteiger partial charge in [0.05, 0.1) is 11.4 Å². The van der Waals surface area contributed by atoms with Crippen molar-refractivity contribution in [1.82, 2.24) is 0 Å². The highest BCUT2D eigenvalue weighted by molar-refractivity contribution is 14.1. The molecule has 0 atom stereocenters. The molecule has 1 aliphatic carbocycles. The van der Waals surface area contributed by atoms with E-state index in [1.54, 1.807) is 17.0 Å². The average Bonchev–Trinajstić information content (AvgIpc) is 2.68. The summed E-state index contributed by atoms with van der Waals surface area (Å²) in [5, 5.41) is 2.88. The number of ether oxygens (including phenoxy) is 1. The largest absolute Gasteiger partial charge is 0.482 e. The molecular formula is C20H22IN3O4. The number of carbonyl (C=O) groups is 3. The second-order valence-electron chi connectivity index (χ2n) is 6.64. The number of hydrogen-bond donors (Lipinski definition) is 2. The van der Waals surface area contributed by atoms with Gasteiger partial charge in [0.25, 0.3) is 11.8 Å². The number of fused-ring (bicyclic) bond motifs is 1. The highest BCUT2D eigenvalue weighted by atomic mass is 127. The topological polar surface area (TPSA) is 102 Å². The summed E-state index contributed by atoms with van der Waals surface area (Å²) in [6.45, 7) is 2.30. The number of anilines is 2. The van der Waals surface area contributed by atoms with Crippen LogP contribution in [-0.4, -0.2) is 30.9 Å². The lowest BCUT2D eigenvalue weighted by atomic mass is 9.90. The van der Waals surface area contributed by atoms with Crippen LogP contribution in [0.15, 0.2) is 35.4 Å². The van der Waals surface area contributed by atoms with Gasteiger partial charge in [-0.15, -0.1) is 0 Å². The van der Waals surface area contributed by atoms with Crippen LogP contribution in [0.2, 0.25) is 0 Å². The molecule has 0 radical (unpaired) electrons. The minimum atomic E-state index is -0.540. The standard InChI is InChI=1S/C20H22IN3O4/c1-2-3-8-24-16-10-15(14(21)9-17(16)28-11-18(24)25)23-20(27)13-7-5-4-6-12(13)19(22)26/h2-3,9-10H,4-8,11H2,1H3,(H2,22,26)(H,23,27). The van der Waals surface area contributed by atoms with Crippen molar-refractivity contribution >= 4 is 51.7 Å². The predicted octanol–water partition coefficient (Wildman–Crippen LogP) is 2.89. The summed E-state index contributed by atoms with van der Waals surface area (Å²) in [6, 6.07) is 3.54. The lowest BCUT2D eigenvalue weighted by Crippen LogP contribution is -2.39. The second kappa shape index (κ2) is 8.76. The Bertz CT molecular complexity index is 892. The van der Waals surface area contributed by atoms with Gasteiger partial charge in [0.1, 0.15) is 5.75 Å². The Kier molecular flexibility index (Phi) is 6.38. The number of halogens is 1. The fourth-order valence-electron chi connectivity index (χ4n) is 3.35. The van der Waals surface area contributed by atoms with Gasteiger partial charge >= 0.3 is 0 Å². The van der Waals surface area contributed by atoms with Crippen molar-refractivity contribution < 1.29 is 19.1 Å². The van der Waals surface area contributed by atoms with Crippen molar-refractivity contribution in [2.24, 2.45) is 5.73 Å². The van der Waals surface area contributed by atoms with Crippen molar-refractivity contribution in [1.29, 1.82) is 0 Å². The number of allylic oxidation sites excluding steroid dienone is 1. The van der Waals surface area contributed by atoms with E-state index in [1.807, 2.05) is 19.1 Å². The smallest absolute Gasteiger partial charge is 0.265 e. The van der Waals surface area contributed by atoms with Crippen LogP contribution in [0, 0.1) is 3.57 Å². The summed E-state index contributed by atoms with van der Waals surface area (Å²) in [7, 11) is 0. The highest BCUT2D eigenvalue weighted by Crippen LogP contribution is 2.38. The van der Waals surface area contributed by atoms with E-state index in [2.05, 4.69) is 27.9 Å². The number of primary amides is 1. The van der Waals surface area contributed by atoms with Crippen molar-refractivity contribution in [3.63, 3.8) is 0 Å². The maximum atomic E-state index is 12.8. The molecule has 0 spiro atoms. The molecule has 1 heterocycles. The number of nitrogens with zero attached hydrogens (tertiary/aromatic N) is 1. The van der Waals surface area contributed by atoms with E-state index in [0.29, 0.717) is 47.7 Å². The van der Waals surface area contributed by atoms with E-state index in [-0.39, 0.29) is 18.4 Å². The molecule has 8 heteroatoms. The van der Waals surface area contributed by atoms with Gasteiger partial charge in [0, 0.05) is 21.3 Å². The van der Waals surface area contributed by atoms with Crippen molar-refractivity contribution in [2.75, 3.05) is 23.4 Å². The molecule has 0 saturated heterocycles. The van der Waals surface area contributed by atoms with Crippen LogP contribution in [0.4, 0.5) is 11.4 Å². The van der Waals surface area contributed by atoms with Gasteiger partial charge in [-0.25, -0.2) is 0 Å². The molecule has 0 fully saturated rings. The van der Waals surface area contributed by atoms with Gasteiger partial charge < -0.3 is 20.7 Å². The minimum absolute atomic E-state index is 0.0127. The fraction of sp³-hybridized carbons (Fsp3) is 0.350. The Morgan fingerprint density at radius 3 is 2.68 bits per heavy atom. The van der Waals surface area contributed by atoms with E-state index in [0.717, 1.165) is 16.4 Å². The van der Waals surface area contributed by atoms with E-state index in [4.69, 9.17) is 10.5 Å². The van der Waals surface area contributed by atoms with Crippen molar-refractivity contribution in [2.45, 2.75) is 32.6 Å². The number of nitrogens with one attached hydrogen (secondary N) is 1. The van der Waals surface area contributed by atoms with Crippen molar-refractivity contribution in [3.05, 3.63) is 39.0 Å². The van der Waals surface area contributed by atoms with Crippen LogP contribution in [0.5, 0.6) is 5.75 Å². The number of benzene rings is 1. The number of nitrogens with two attached hydrogens (primary N) is 1. The Hall–Kier alpha value is -2.36. The molecule has 0 unspecified atom stereocenters. The zero-order chi connectivity index (χ0) is 20.3. The zero-order valence-corrected chi connectivity index (χ0v) is 17.7. The van der Waals surface area contributed by atoms with Crippen LogP contribution in [0.25, 0.3) is 0 Å². The molecule has 7 nitrogen and oxygen atoms in total. The van der Waals surface area contributed by atoms with Crippen LogP contribution >= 0.6 is 22.6 Å². The van der Waals surface area contributed by atoms with E-state index < -0.39 is 5.91 Å². The Morgan fingerprint density at radius 2 is 2.00 bits per heavy atom. The molecule has 0 saturated carbocycles. The van der Waals surface area contributed by atoms with Gasteiger partial charge in [-0.05, 0) is 67.3 Å². The van der Waals surface area contributed by atoms with E-state index in [9.17, 15) is 14.4 Å². The van der Waals surface area contributed by atoms with Gasteiger partial charge in [-0.3, -0.25) is 14.4 Å². The lowest BCUT2D eigenvalue weighted by molar-refractivity contribution is -0.121. The van der Waals surface area contributed by atoms with Gasteiger partial charge in [-0.2, -0.15) is 0 Å².